The normalized spacial score (nSPS) is 23.8. The topological polar surface area (TPSA) is 54.9 Å². The van der Waals surface area contributed by atoms with Crippen LogP contribution >= 0.6 is 23.1 Å². The van der Waals surface area contributed by atoms with Crippen molar-refractivity contribution in [2.75, 3.05) is 0 Å². The standard InChI is InChI=1S/C24H27N3OS2/c1-13-15(3)29-23-21(13)24(26-12-25-23)30-20-7-5-4-6-18(20)22(28)27-14(2)19-11-16-8-9-17(19)10-16/h4-7,12,14,16-17,19H,8-11H2,1-3H3,(H,27,28)/t14-,16+,17+,19+/m1/s1. The van der Waals surface area contributed by atoms with E-state index in [0.717, 1.165) is 37.5 Å². The fraction of sp³-hybridized carbons (Fsp3) is 0.458. The predicted molar refractivity (Wildman–Crippen MR) is 123 cm³/mol. The van der Waals surface area contributed by atoms with E-state index < -0.39 is 0 Å². The number of nitrogens with one attached hydrogen (secondary N) is 1. The van der Waals surface area contributed by atoms with Crippen molar-refractivity contribution >= 4 is 39.2 Å². The van der Waals surface area contributed by atoms with Gasteiger partial charge in [-0.15, -0.1) is 11.3 Å². The van der Waals surface area contributed by atoms with Crippen LogP contribution in [0.4, 0.5) is 0 Å². The second kappa shape index (κ2) is 7.97. The van der Waals surface area contributed by atoms with Crippen LogP contribution in [0.2, 0.25) is 0 Å². The summed E-state index contributed by atoms with van der Waals surface area (Å²) in [7, 11) is 0. The van der Waals surface area contributed by atoms with Crippen molar-refractivity contribution in [3.8, 4) is 0 Å². The molecular weight excluding hydrogens is 410 g/mol. The molecule has 2 aliphatic carbocycles. The van der Waals surface area contributed by atoms with E-state index in [2.05, 4.69) is 36.1 Å². The lowest BCUT2D eigenvalue weighted by Gasteiger charge is -2.28. The Morgan fingerprint density at radius 3 is 2.80 bits per heavy atom. The first-order chi connectivity index (χ1) is 14.5. The van der Waals surface area contributed by atoms with E-state index in [0.29, 0.717) is 5.92 Å². The smallest absolute Gasteiger partial charge is 0.252 e. The van der Waals surface area contributed by atoms with Gasteiger partial charge < -0.3 is 5.32 Å². The van der Waals surface area contributed by atoms with Crippen molar-refractivity contribution in [2.45, 2.75) is 62.4 Å². The van der Waals surface area contributed by atoms with Crippen LogP contribution in [0.5, 0.6) is 0 Å². The molecule has 2 bridgehead atoms. The summed E-state index contributed by atoms with van der Waals surface area (Å²) in [5.74, 6) is 2.34. The maximum absolute atomic E-state index is 13.2. The zero-order valence-electron chi connectivity index (χ0n) is 17.6. The lowest BCUT2D eigenvalue weighted by molar-refractivity contribution is 0.0912. The monoisotopic (exact) mass is 437 g/mol. The summed E-state index contributed by atoms with van der Waals surface area (Å²) in [4.78, 5) is 25.4. The Hall–Kier alpha value is -1.92. The van der Waals surface area contributed by atoms with Crippen molar-refractivity contribution in [1.82, 2.24) is 15.3 Å². The van der Waals surface area contributed by atoms with Gasteiger partial charge in [0.1, 0.15) is 16.2 Å². The summed E-state index contributed by atoms with van der Waals surface area (Å²) in [6.07, 6.45) is 6.99. The van der Waals surface area contributed by atoms with Crippen LogP contribution < -0.4 is 5.32 Å². The molecule has 1 amide bonds. The molecule has 2 heterocycles. The molecule has 2 aromatic heterocycles. The van der Waals surface area contributed by atoms with Crippen LogP contribution in [0.25, 0.3) is 10.2 Å². The third kappa shape index (κ3) is 3.54. The Kier molecular flexibility index (Phi) is 5.31. The minimum atomic E-state index is 0.0249. The van der Waals surface area contributed by atoms with Crippen molar-refractivity contribution < 1.29 is 4.79 Å². The van der Waals surface area contributed by atoms with Crippen LogP contribution in [0.15, 0.2) is 40.5 Å². The van der Waals surface area contributed by atoms with E-state index in [9.17, 15) is 4.79 Å². The molecule has 3 aromatic rings. The third-order valence-corrected chi connectivity index (χ3v) is 9.26. The fourth-order valence-corrected chi connectivity index (χ4v) is 7.51. The molecule has 6 heteroatoms. The second-order valence-corrected chi connectivity index (χ2v) is 11.1. The van der Waals surface area contributed by atoms with Gasteiger partial charge in [0.25, 0.3) is 5.91 Å². The predicted octanol–water partition coefficient (Wildman–Crippen LogP) is 6.01. The SMILES string of the molecule is Cc1sc2ncnc(Sc3ccccc3C(=O)N[C@H](C)[C@@H]3C[C@H]4CC[C@H]3C4)c2c1C. The molecule has 1 aromatic carbocycles. The summed E-state index contributed by atoms with van der Waals surface area (Å²) < 4.78 is 0. The average Bonchev–Trinajstić information content (AvgIpc) is 3.44. The van der Waals surface area contributed by atoms with Gasteiger partial charge in [0, 0.05) is 21.2 Å². The highest BCUT2D eigenvalue weighted by Crippen LogP contribution is 2.49. The first-order valence-corrected chi connectivity index (χ1v) is 12.4. The first-order valence-electron chi connectivity index (χ1n) is 10.8. The second-order valence-electron chi connectivity index (χ2n) is 8.84. The molecule has 0 unspecified atom stereocenters. The summed E-state index contributed by atoms with van der Waals surface area (Å²) in [6, 6.07) is 8.09. The maximum atomic E-state index is 13.2. The van der Waals surface area contributed by atoms with E-state index in [1.165, 1.54) is 36.1 Å². The molecule has 2 fully saturated rings. The molecule has 5 rings (SSSR count). The number of amides is 1. The fourth-order valence-electron chi connectivity index (χ4n) is 5.37. The van der Waals surface area contributed by atoms with E-state index in [-0.39, 0.29) is 11.9 Å². The van der Waals surface area contributed by atoms with Gasteiger partial charge in [0.05, 0.1) is 5.56 Å². The average molecular weight is 438 g/mol. The molecular formula is C24H27N3OS2. The quantitative estimate of drug-likeness (QED) is 0.496. The Morgan fingerprint density at radius 1 is 1.20 bits per heavy atom. The Morgan fingerprint density at radius 2 is 2.03 bits per heavy atom. The van der Waals surface area contributed by atoms with E-state index in [4.69, 9.17) is 0 Å². The summed E-state index contributed by atoms with van der Waals surface area (Å²) >= 11 is 3.26. The number of thiophene rings is 1. The highest BCUT2D eigenvalue weighted by molar-refractivity contribution is 7.99. The van der Waals surface area contributed by atoms with Gasteiger partial charge in [0.2, 0.25) is 0 Å². The van der Waals surface area contributed by atoms with Gasteiger partial charge in [-0.2, -0.15) is 0 Å². The zero-order chi connectivity index (χ0) is 20.8. The summed E-state index contributed by atoms with van der Waals surface area (Å²) in [5.41, 5.74) is 1.96. The third-order valence-electron chi connectivity index (χ3n) is 7.06. The van der Waals surface area contributed by atoms with Gasteiger partial charge in [-0.1, -0.05) is 30.3 Å². The largest absolute Gasteiger partial charge is 0.349 e. The molecule has 4 nitrogen and oxygen atoms in total. The lowest BCUT2D eigenvalue weighted by atomic mass is 9.84. The number of carbonyl (C=O) groups excluding carboxylic acids is 1. The van der Waals surface area contributed by atoms with Crippen molar-refractivity contribution in [3.05, 3.63) is 46.6 Å². The number of nitrogens with zero attached hydrogens (tertiary/aromatic N) is 2. The number of carbonyl (C=O) groups is 1. The van der Waals surface area contributed by atoms with Crippen LogP contribution in [0, 0.1) is 31.6 Å². The van der Waals surface area contributed by atoms with Crippen LogP contribution in [0.3, 0.4) is 0 Å². The highest BCUT2D eigenvalue weighted by atomic mass is 32.2. The van der Waals surface area contributed by atoms with Crippen LogP contribution in [0.1, 0.15) is 53.4 Å². The lowest BCUT2D eigenvalue weighted by Crippen LogP contribution is -2.40. The van der Waals surface area contributed by atoms with E-state index in [1.54, 1.807) is 29.4 Å². The van der Waals surface area contributed by atoms with Crippen LogP contribution in [-0.2, 0) is 0 Å². The summed E-state index contributed by atoms with van der Waals surface area (Å²) in [5, 5.41) is 5.35. The number of fused-ring (bicyclic) bond motifs is 3. The Bertz CT molecular complexity index is 1110. The number of aryl methyl sites for hydroxylation is 2. The molecule has 2 saturated carbocycles. The number of benzene rings is 1. The van der Waals surface area contributed by atoms with Crippen molar-refractivity contribution in [2.24, 2.45) is 17.8 Å². The number of rotatable bonds is 5. The molecule has 30 heavy (non-hydrogen) atoms. The number of aromatic nitrogens is 2. The minimum Gasteiger partial charge on any atom is -0.349 e. The van der Waals surface area contributed by atoms with Crippen molar-refractivity contribution in [1.29, 1.82) is 0 Å². The molecule has 2 aliphatic rings. The van der Waals surface area contributed by atoms with Gasteiger partial charge in [-0.05, 0) is 75.5 Å². The Balaban J connectivity index is 1.39. The number of hydrogen-bond donors (Lipinski definition) is 1. The molecule has 0 aliphatic heterocycles. The van der Waals surface area contributed by atoms with Crippen LogP contribution in [-0.4, -0.2) is 21.9 Å². The molecule has 4 atom stereocenters. The molecule has 1 N–H and O–H groups in total. The van der Waals surface area contributed by atoms with Gasteiger partial charge in [-0.3, -0.25) is 4.79 Å². The van der Waals surface area contributed by atoms with E-state index in [1.807, 2.05) is 24.3 Å². The summed E-state index contributed by atoms with van der Waals surface area (Å²) in [6.45, 7) is 6.43. The zero-order valence-corrected chi connectivity index (χ0v) is 19.3. The number of hydrogen-bond acceptors (Lipinski definition) is 5. The van der Waals surface area contributed by atoms with E-state index >= 15 is 0 Å². The highest BCUT2D eigenvalue weighted by Gasteiger charge is 2.42. The molecule has 0 spiro atoms. The van der Waals surface area contributed by atoms with Gasteiger partial charge in [-0.25, -0.2) is 9.97 Å². The molecule has 0 saturated heterocycles. The molecule has 156 valence electrons. The van der Waals surface area contributed by atoms with Gasteiger partial charge in [0.15, 0.2) is 0 Å². The van der Waals surface area contributed by atoms with Gasteiger partial charge >= 0.3 is 0 Å². The first kappa shape index (κ1) is 20.0. The maximum Gasteiger partial charge on any atom is 0.252 e. The minimum absolute atomic E-state index is 0.0249. The van der Waals surface area contributed by atoms with Crippen molar-refractivity contribution in [3.63, 3.8) is 0 Å². The Labute approximate surface area is 185 Å². The molecule has 0 radical (unpaired) electrons.